The van der Waals surface area contributed by atoms with Crippen LogP contribution < -0.4 is 10.5 Å². The molecule has 0 atom stereocenters. The molecule has 0 aliphatic rings. The molecule has 3 rings (SSSR count). The van der Waals surface area contributed by atoms with E-state index in [4.69, 9.17) is 10.5 Å². The van der Waals surface area contributed by atoms with Crippen molar-refractivity contribution in [3.05, 3.63) is 64.5 Å². The number of ether oxygens (including phenoxy) is 1. The first kappa shape index (κ1) is 13.8. The summed E-state index contributed by atoms with van der Waals surface area (Å²) in [6.45, 7) is 0.331. The highest BCUT2D eigenvalue weighted by Crippen LogP contribution is 2.28. The van der Waals surface area contributed by atoms with E-state index in [-0.39, 0.29) is 5.82 Å². The second kappa shape index (κ2) is 5.69. The van der Waals surface area contributed by atoms with Gasteiger partial charge in [-0.25, -0.2) is 4.39 Å². The van der Waals surface area contributed by atoms with E-state index in [0.29, 0.717) is 22.5 Å². The minimum atomic E-state index is -0.311. The van der Waals surface area contributed by atoms with Gasteiger partial charge in [-0.3, -0.25) is 4.98 Å². The van der Waals surface area contributed by atoms with Crippen molar-refractivity contribution in [1.82, 2.24) is 4.98 Å². The fourth-order valence-corrected chi connectivity index (χ4v) is 2.58. The van der Waals surface area contributed by atoms with Crippen LogP contribution in [0.2, 0.25) is 0 Å². The molecule has 2 aromatic carbocycles. The molecule has 106 valence electrons. The molecule has 0 spiro atoms. The Hall–Kier alpha value is -2.14. The van der Waals surface area contributed by atoms with Gasteiger partial charge in [0.05, 0.1) is 9.99 Å². The van der Waals surface area contributed by atoms with Gasteiger partial charge in [-0.05, 0) is 52.3 Å². The second-order valence-electron chi connectivity index (χ2n) is 4.58. The minimum absolute atomic E-state index is 0.311. The van der Waals surface area contributed by atoms with Crippen LogP contribution in [0.1, 0.15) is 5.56 Å². The van der Waals surface area contributed by atoms with Gasteiger partial charge >= 0.3 is 0 Å². The van der Waals surface area contributed by atoms with E-state index in [1.54, 1.807) is 12.3 Å². The van der Waals surface area contributed by atoms with Gasteiger partial charge in [0.25, 0.3) is 0 Å². The van der Waals surface area contributed by atoms with E-state index in [2.05, 4.69) is 20.9 Å². The average molecular weight is 347 g/mol. The van der Waals surface area contributed by atoms with Gasteiger partial charge in [-0.15, -0.1) is 0 Å². The first-order valence-corrected chi connectivity index (χ1v) is 7.14. The average Bonchev–Trinajstić information content (AvgIpc) is 2.48. The van der Waals surface area contributed by atoms with E-state index in [1.165, 1.54) is 12.1 Å². The lowest BCUT2D eigenvalue weighted by molar-refractivity contribution is 0.305. The Balaban J connectivity index is 1.90. The SMILES string of the molecule is Nc1ccc(COc2ccc(F)cc2Br)c2ncccc12. The molecule has 0 fully saturated rings. The Bertz CT molecular complexity index is 807. The number of halogens is 2. The molecule has 3 nitrogen and oxygen atoms in total. The van der Waals surface area contributed by atoms with E-state index in [1.807, 2.05) is 24.3 Å². The molecule has 0 saturated carbocycles. The van der Waals surface area contributed by atoms with Crippen molar-refractivity contribution in [2.45, 2.75) is 6.61 Å². The van der Waals surface area contributed by atoms with Crippen LogP contribution in [0, 0.1) is 5.82 Å². The van der Waals surface area contributed by atoms with Gasteiger partial charge in [-0.2, -0.15) is 0 Å². The maximum Gasteiger partial charge on any atom is 0.134 e. The number of aromatic nitrogens is 1. The quantitative estimate of drug-likeness (QED) is 0.719. The second-order valence-corrected chi connectivity index (χ2v) is 5.43. The van der Waals surface area contributed by atoms with Gasteiger partial charge < -0.3 is 10.5 Å². The maximum atomic E-state index is 13.1. The maximum absolute atomic E-state index is 13.1. The van der Waals surface area contributed by atoms with Gasteiger partial charge in [0.2, 0.25) is 0 Å². The third kappa shape index (κ3) is 2.83. The Morgan fingerprint density at radius 2 is 2.05 bits per heavy atom. The topological polar surface area (TPSA) is 48.1 Å². The van der Waals surface area contributed by atoms with Crippen LogP contribution in [-0.2, 0) is 6.61 Å². The zero-order valence-electron chi connectivity index (χ0n) is 11.0. The predicted octanol–water partition coefficient (Wildman–Crippen LogP) is 4.30. The molecule has 0 aliphatic heterocycles. The molecule has 1 heterocycles. The van der Waals surface area contributed by atoms with Gasteiger partial charge in [0, 0.05) is 22.8 Å². The molecule has 0 bridgehead atoms. The fraction of sp³-hybridized carbons (Fsp3) is 0.0625. The summed E-state index contributed by atoms with van der Waals surface area (Å²) in [5, 5.41) is 0.900. The van der Waals surface area contributed by atoms with Crippen molar-refractivity contribution in [1.29, 1.82) is 0 Å². The van der Waals surface area contributed by atoms with Crippen LogP contribution in [0.15, 0.2) is 53.1 Å². The molecule has 1 aromatic heterocycles. The first-order valence-electron chi connectivity index (χ1n) is 6.35. The number of hydrogen-bond acceptors (Lipinski definition) is 3. The highest BCUT2D eigenvalue weighted by molar-refractivity contribution is 9.10. The molecular weight excluding hydrogens is 335 g/mol. The van der Waals surface area contributed by atoms with E-state index in [0.717, 1.165) is 16.5 Å². The first-order chi connectivity index (χ1) is 10.1. The van der Waals surface area contributed by atoms with E-state index < -0.39 is 0 Å². The van der Waals surface area contributed by atoms with Crippen molar-refractivity contribution >= 4 is 32.5 Å². The zero-order valence-corrected chi connectivity index (χ0v) is 12.6. The number of nitrogens with zero attached hydrogens (tertiary/aromatic N) is 1. The summed E-state index contributed by atoms with van der Waals surface area (Å²) in [5.41, 5.74) is 8.37. The molecule has 5 heteroatoms. The standard InChI is InChI=1S/C16H12BrFN2O/c17-13-8-11(18)4-6-15(13)21-9-10-3-5-14(19)12-2-1-7-20-16(10)12/h1-8H,9,19H2. The molecular formula is C16H12BrFN2O. The summed E-state index contributed by atoms with van der Waals surface area (Å²) in [5.74, 6) is 0.270. The lowest BCUT2D eigenvalue weighted by atomic mass is 10.1. The minimum Gasteiger partial charge on any atom is -0.488 e. The Morgan fingerprint density at radius 3 is 2.86 bits per heavy atom. The van der Waals surface area contributed by atoms with Crippen LogP contribution in [0.4, 0.5) is 10.1 Å². The molecule has 3 aromatic rings. The lowest BCUT2D eigenvalue weighted by Gasteiger charge is -2.11. The normalized spacial score (nSPS) is 10.8. The van der Waals surface area contributed by atoms with Crippen LogP contribution >= 0.6 is 15.9 Å². The van der Waals surface area contributed by atoms with E-state index in [9.17, 15) is 4.39 Å². The Kier molecular flexibility index (Phi) is 3.75. The summed E-state index contributed by atoms with van der Waals surface area (Å²) < 4.78 is 19.4. The molecule has 0 radical (unpaired) electrons. The van der Waals surface area contributed by atoms with Crippen LogP contribution in [0.25, 0.3) is 10.9 Å². The highest BCUT2D eigenvalue weighted by Gasteiger charge is 2.08. The number of anilines is 1. The largest absolute Gasteiger partial charge is 0.488 e. The van der Waals surface area contributed by atoms with Crippen molar-refractivity contribution in [2.24, 2.45) is 0 Å². The summed E-state index contributed by atoms with van der Waals surface area (Å²) in [4.78, 5) is 4.36. The summed E-state index contributed by atoms with van der Waals surface area (Å²) >= 11 is 3.28. The fourth-order valence-electron chi connectivity index (χ4n) is 2.12. The number of nitrogens with two attached hydrogens (primary N) is 1. The van der Waals surface area contributed by atoms with Crippen LogP contribution in [0.5, 0.6) is 5.75 Å². The van der Waals surface area contributed by atoms with Crippen LogP contribution in [0.3, 0.4) is 0 Å². The van der Waals surface area contributed by atoms with Gasteiger partial charge in [0.1, 0.15) is 18.2 Å². The van der Waals surface area contributed by atoms with Gasteiger partial charge in [-0.1, -0.05) is 6.07 Å². The van der Waals surface area contributed by atoms with Crippen molar-refractivity contribution in [3.63, 3.8) is 0 Å². The third-order valence-electron chi connectivity index (χ3n) is 3.16. The summed E-state index contributed by atoms with van der Waals surface area (Å²) in [6, 6.07) is 11.8. The number of hydrogen-bond donors (Lipinski definition) is 1. The smallest absolute Gasteiger partial charge is 0.134 e. The van der Waals surface area contributed by atoms with Crippen molar-refractivity contribution in [2.75, 3.05) is 5.73 Å². The van der Waals surface area contributed by atoms with Crippen molar-refractivity contribution < 1.29 is 9.13 Å². The summed E-state index contributed by atoms with van der Waals surface area (Å²) in [7, 11) is 0. The lowest BCUT2D eigenvalue weighted by Crippen LogP contribution is -2.00. The van der Waals surface area contributed by atoms with Crippen LogP contribution in [-0.4, -0.2) is 4.98 Å². The van der Waals surface area contributed by atoms with E-state index >= 15 is 0 Å². The molecule has 2 N–H and O–H groups in total. The number of fused-ring (bicyclic) bond motifs is 1. The Labute approximate surface area is 129 Å². The molecule has 0 aliphatic carbocycles. The molecule has 21 heavy (non-hydrogen) atoms. The number of rotatable bonds is 3. The molecule has 0 saturated heterocycles. The number of benzene rings is 2. The number of nitrogen functional groups attached to an aromatic ring is 1. The Morgan fingerprint density at radius 1 is 1.19 bits per heavy atom. The predicted molar refractivity (Wildman–Crippen MR) is 84.6 cm³/mol. The van der Waals surface area contributed by atoms with Gasteiger partial charge in [0.15, 0.2) is 0 Å². The molecule has 0 amide bonds. The van der Waals surface area contributed by atoms with Crippen molar-refractivity contribution in [3.8, 4) is 5.75 Å². The zero-order chi connectivity index (χ0) is 14.8. The monoisotopic (exact) mass is 346 g/mol. The molecule has 0 unspecified atom stereocenters. The third-order valence-corrected chi connectivity index (χ3v) is 3.78. The summed E-state index contributed by atoms with van der Waals surface area (Å²) in [6.07, 6.45) is 1.72. The highest BCUT2D eigenvalue weighted by atomic mass is 79.9. The number of pyridine rings is 1.